The maximum Gasteiger partial charge on any atom is 0.113 e. The molecule has 2 aliphatic rings. The molecule has 2 N–H and O–H groups in total. The van der Waals surface area contributed by atoms with E-state index in [-0.39, 0.29) is 0 Å². The van der Waals surface area contributed by atoms with E-state index < -0.39 is 0 Å². The van der Waals surface area contributed by atoms with Crippen molar-refractivity contribution in [2.24, 2.45) is 0 Å². The highest BCUT2D eigenvalue weighted by Crippen LogP contribution is 2.26. The van der Waals surface area contributed by atoms with Gasteiger partial charge in [-0.1, -0.05) is 13.2 Å². The molecule has 0 radical (unpaired) electrons. The molecule has 0 aromatic carbocycles. The Hall–Kier alpha value is -4.91. The Bertz CT molecular complexity index is 1700. The molecular formula is C27H21N7. The zero-order chi connectivity index (χ0) is 23.1. The van der Waals surface area contributed by atoms with E-state index in [4.69, 9.17) is 0 Å². The fraction of sp³-hybridized carbons (Fsp3) is 0. The first kappa shape index (κ1) is 19.8. The van der Waals surface area contributed by atoms with Gasteiger partial charge in [-0.25, -0.2) is 0 Å². The predicted molar refractivity (Wildman–Crippen MR) is 140 cm³/mol. The number of nitrogens with zero attached hydrogens (tertiary/aromatic N) is 5. The molecule has 0 aliphatic carbocycles. The Kier molecular flexibility index (Phi) is 4.59. The molecule has 4 aromatic heterocycles. The molecule has 34 heavy (non-hydrogen) atoms. The maximum absolute atomic E-state index is 4.58. The Morgan fingerprint density at radius 1 is 0.735 bits per heavy atom. The van der Waals surface area contributed by atoms with Crippen molar-refractivity contribution >= 4 is 58.5 Å². The van der Waals surface area contributed by atoms with Crippen LogP contribution in [-0.2, 0) is 0 Å². The number of aromatic nitrogens is 7. The molecule has 7 nitrogen and oxygen atoms in total. The standard InChI is InChI=1S/C27H21N7/c1-3-33-13-11-18-15-29-23(26(18)33)8-6-20-5-7-21-22(31-32-25(21)17-28-20)9-10-24-27-19(16-30-24)12-14-34(27)4-2/h3-17,29-30H,1-2H2/b8-6+,10-9+. The highest BCUT2D eigenvalue weighted by Gasteiger charge is 2.11. The van der Waals surface area contributed by atoms with Crippen LogP contribution in [0.5, 0.6) is 0 Å². The first-order valence-electron chi connectivity index (χ1n) is 10.8. The molecule has 0 amide bonds. The van der Waals surface area contributed by atoms with Crippen LogP contribution in [0, 0.1) is 0 Å². The van der Waals surface area contributed by atoms with Crippen molar-refractivity contribution in [3.8, 4) is 11.3 Å². The molecule has 7 heteroatoms. The van der Waals surface area contributed by atoms with Crippen molar-refractivity contribution in [3.05, 3.63) is 91.2 Å². The highest BCUT2D eigenvalue weighted by atomic mass is 15.1. The van der Waals surface area contributed by atoms with Crippen LogP contribution in [0.25, 0.3) is 69.8 Å². The van der Waals surface area contributed by atoms with Gasteiger partial charge in [0.15, 0.2) is 0 Å². The number of fused-ring (bicyclic) bond motifs is 3. The van der Waals surface area contributed by atoms with E-state index in [0.29, 0.717) is 0 Å². The Balaban J connectivity index is 1.31. The minimum atomic E-state index is 0.744. The van der Waals surface area contributed by atoms with E-state index in [1.807, 2.05) is 70.4 Å². The molecule has 0 unspecified atom stereocenters. The smallest absolute Gasteiger partial charge is 0.113 e. The number of aromatic amines is 2. The van der Waals surface area contributed by atoms with Crippen LogP contribution in [0.2, 0.25) is 0 Å². The number of rotatable bonds is 6. The van der Waals surface area contributed by atoms with Gasteiger partial charge >= 0.3 is 0 Å². The molecule has 0 bridgehead atoms. The summed E-state index contributed by atoms with van der Waals surface area (Å²) >= 11 is 0. The number of H-pyrrole nitrogens is 2. The highest BCUT2D eigenvalue weighted by molar-refractivity contribution is 5.93. The molecule has 164 valence electrons. The second kappa shape index (κ2) is 7.90. The Morgan fingerprint density at radius 2 is 1.38 bits per heavy atom. The van der Waals surface area contributed by atoms with Crippen LogP contribution in [0.1, 0.15) is 22.8 Å². The van der Waals surface area contributed by atoms with Crippen LogP contribution in [0.3, 0.4) is 0 Å². The molecule has 2 aliphatic heterocycles. The molecule has 4 aromatic rings. The summed E-state index contributed by atoms with van der Waals surface area (Å²) in [6.07, 6.45) is 21.3. The third-order valence-corrected chi connectivity index (χ3v) is 5.97. The predicted octanol–water partition coefficient (Wildman–Crippen LogP) is 6.08. The van der Waals surface area contributed by atoms with Gasteiger partial charge in [0.05, 0.1) is 40.0 Å². The van der Waals surface area contributed by atoms with Gasteiger partial charge in [-0.2, -0.15) is 0 Å². The zero-order valence-electron chi connectivity index (χ0n) is 18.3. The van der Waals surface area contributed by atoms with E-state index in [1.165, 1.54) is 0 Å². The average Bonchev–Trinajstić information content (AvgIpc) is 3.64. The van der Waals surface area contributed by atoms with E-state index >= 15 is 0 Å². The van der Waals surface area contributed by atoms with Crippen molar-refractivity contribution in [3.63, 3.8) is 0 Å². The molecular weight excluding hydrogens is 422 g/mol. The Labute approximate surface area is 195 Å². The minimum Gasteiger partial charge on any atom is -0.359 e. The summed E-state index contributed by atoms with van der Waals surface area (Å²) in [7, 11) is 0. The second-order valence-corrected chi connectivity index (χ2v) is 7.89. The molecule has 0 saturated carbocycles. The monoisotopic (exact) mass is 443 g/mol. The first-order valence-corrected chi connectivity index (χ1v) is 10.8. The summed E-state index contributed by atoms with van der Waals surface area (Å²) in [6.45, 7) is 7.75. The summed E-state index contributed by atoms with van der Waals surface area (Å²) in [5.41, 5.74) is 7.44. The fourth-order valence-electron chi connectivity index (χ4n) is 4.27. The average molecular weight is 444 g/mol. The van der Waals surface area contributed by atoms with Gasteiger partial charge in [0.25, 0.3) is 0 Å². The number of hydrogen-bond acceptors (Lipinski definition) is 3. The molecule has 0 atom stereocenters. The molecule has 0 saturated heterocycles. The molecule has 0 spiro atoms. The van der Waals surface area contributed by atoms with Crippen molar-refractivity contribution in [2.45, 2.75) is 0 Å². The van der Waals surface area contributed by atoms with E-state index in [0.717, 1.165) is 55.8 Å². The molecule has 6 rings (SSSR count). The third-order valence-electron chi connectivity index (χ3n) is 5.97. The van der Waals surface area contributed by atoms with Crippen molar-refractivity contribution < 1.29 is 0 Å². The lowest BCUT2D eigenvalue weighted by molar-refractivity contribution is 1.08. The van der Waals surface area contributed by atoms with Gasteiger partial charge in [0.2, 0.25) is 0 Å². The van der Waals surface area contributed by atoms with Gasteiger partial charge in [0, 0.05) is 53.5 Å². The van der Waals surface area contributed by atoms with Crippen LogP contribution in [0.15, 0.2) is 68.4 Å². The largest absolute Gasteiger partial charge is 0.359 e. The first-order chi connectivity index (χ1) is 16.7. The third kappa shape index (κ3) is 3.18. The summed E-state index contributed by atoms with van der Waals surface area (Å²) in [5, 5.41) is 10.9. The lowest BCUT2D eigenvalue weighted by Gasteiger charge is -1.96. The van der Waals surface area contributed by atoms with Gasteiger partial charge in [-0.05, 0) is 48.6 Å². The lowest BCUT2D eigenvalue weighted by atomic mass is 10.1. The summed E-state index contributed by atoms with van der Waals surface area (Å²) < 4.78 is 3.99. The maximum atomic E-state index is 4.58. The van der Waals surface area contributed by atoms with Crippen LogP contribution in [-0.4, -0.2) is 34.3 Å². The van der Waals surface area contributed by atoms with Crippen molar-refractivity contribution in [1.82, 2.24) is 34.3 Å². The lowest BCUT2D eigenvalue weighted by Crippen LogP contribution is -1.83. The van der Waals surface area contributed by atoms with Crippen LogP contribution < -0.4 is 0 Å². The minimum absolute atomic E-state index is 0.744. The summed E-state index contributed by atoms with van der Waals surface area (Å²) in [6, 6.07) is 8.09. The summed E-state index contributed by atoms with van der Waals surface area (Å²) in [4.78, 5) is 11.2. The number of nitrogens with one attached hydrogen (secondary N) is 2. The SMILES string of the molecule is C=Cn1ccc2c[nH]c(/C=C/c3ccc4c(/C=C/c5[nH]cc6ccn(C=C)c56)nnc-4cn3)c21. The van der Waals surface area contributed by atoms with E-state index in [1.54, 1.807) is 18.6 Å². The number of hydrogen-bond donors (Lipinski definition) is 2. The zero-order valence-corrected chi connectivity index (χ0v) is 18.3. The Morgan fingerprint density at radius 3 is 2.03 bits per heavy atom. The normalized spacial score (nSPS) is 12.1. The molecule has 0 fully saturated rings. The van der Waals surface area contributed by atoms with Crippen molar-refractivity contribution in [1.29, 1.82) is 0 Å². The quantitative estimate of drug-likeness (QED) is 0.327. The summed E-state index contributed by atoms with van der Waals surface area (Å²) in [5.74, 6) is 0. The van der Waals surface area contributed by atoms with E-state index in [9.17, 15) is 0 Å². The van der Waals surface area contributed by atoms with Gasteiger partial charge in [0.1, 0.15) is 5.69 Å². The van der Waals surface area contributed by atoms with Crippen LogP contribution >= 0.6 is 0 Å². The van der Waals surface area contributed by atoms with Gasteiger partial charge < -0.3 is 19.1 Å². The topological polar surface area (TPSA) is 80.1 Å². The van der Waals surface area contributed by atoms with Gasteiger partial charge in [-0.15, -0.1) is 10.2 Å². The molecule has 6 heterocycles. The van der Waals surface area contributed by atoms with E-state index in [2.05, 4.69) is 50.4 Å². The van der Waals surface area contributed by atoms with Crippen LogP contribution in [0.4, 0.5) is 0 Å². The van der Waals surface area contributed by atoms with Crippen molar-refractivity contribution in [2.75, 3.05) is 0 Å². The second-order valence-electron chi connectivity index (χ2n) is 7.89. The fourth-order valence-corrected chi connectivity index (χ4v) is 4.27. The van der Waals surface area contributed by atoms with Gasteiger partial charge in [-0.3, -0.25) is 4.98 Å².